The van der Waals surface area contributed by atoms with Gasteiger partial charge in [0.25, 0.3) is 5.56 Å². The van der Waals surface area contributed by atoms with Crippen LogP contribution in [0.4, 0.5) is 5.69 Å². The first-order chi connectivity index (χ1) is 9.06. The molecule has 1 atom stereocenters. The molecule has 0 aromatic carbocycles. The number of nitrogen functional groups attached to an aromatic ring is 1. The monoisotopic (exact) mass is 269 g/mol. The summed E-state index contributed by atoms with van der Waals surface area (Å²) in [6.07, 6.45) is 1.81. The van der Waals surface area contributed by atoms with E-state index in [0.29, 0.717) is 18.7 Å². The van der Waals surface area contributed by atoms with Crippen molar-refractivity contribution in [3.8, 4) is 0 Å². The lowest BCUT2D eigenvalue weighted by molar-refractivity contribution is -0.122. The van der Waals surface area contributed by atoms with Gasteiger partial charge in [0, 0.05) is 31.7 Å². The largest absolute Gasteiger partial charge is 0.398 e. The van der Waals surface area contributed by atoms with E-state index in [1.165, 1.54) is 30.0 Å². The van der Waals surface area contributed by atoms with E-state index in [9.17, 15) is 9.59 Å². The number of aliphatic hydroxyl groups is 1. The van der Waals surface area contributed by atoms with E-state index in [-0.39, 0.29) is 30.7 Å². The number of hydrogen-bond donors (Lipinski definition) is 3. The van der Waals surface area contributed by atoms with E-state index in [0.717, 1.165) is 0 Å². The van der Waals surface area contributed by atoms with E-state index >= 15 is 0 Å². The molecule has 19 heavy (non-hydrogen) atoms. The van der Waals surface area contributed by atoms with Crippen molar-refractivity contribution in [3.05, 3.63) is 28.7 Å². The van der Waals surface area contributed by atoms with Crippen molar-refractivity contribution >= 4 is 11.6 Å². The molecule has 1 aromatic rings. The third-order valence-corrected chi connectivity index (χ3v) is 2.53. The lowest BCUT2D eigenvalue weighted by Gasteiger charge is -2.17. The Morgan fingerprint density at radius 2 is 2.32 bits per heavy atom. The second-order valence-electron chi connectivity index (χ2n) is 4.16. The van der Waals surface area contributed by atoms with Gasteiger partial charge in [-0.15, -0.1) is 0 Å². The molecule has 1 rings (SSSR count). The van der Waals surface area contributed by atoms with Crippen LogP contribution in [0.2, 0.25) is 0 Å². The van der Waals surface area contributed by atoms with Crippen LogP contribution in [0.15, 0.2) is 23.1 Å². The van der Waals surface area contributed by atoms with Crippen LogP contribution < -0.4 is 16.6 Å². The molecule has 7 nitrogen and oxygen atoms in total. The molecule has 0 aliphatic rings. The van der Waals surface area contributed by atoms with E-state index in [1.54, 1.807) is 0 Å². The second kappa shape index (κ2) is 7.55. The van der Waals surface area contributed by atoms with Crippen LogP contribution in [0.3, 0.4) is 0 Å². The first kappa shape index (κ1) is 15.2. The Labute approximate surface area is 111 Å². The van der Waals surface area contributed by atoms with Crippen molar-refractivity contribution in [2.75, 3.05) is 26.1 Å². The first-order valence-electron chi connectivity index (χ1n) is 5.92. The summed E-state index contributed by atoms with van der Waals surface area (Å²) in [7, 11) is 1.51. The number of pyridine rings is 1. The summed E-state index contributed by atoms with van der Waals surface area (Å²) in [4.78, 5) is 23.3. The summed E-state index contributed by atoms with van der Waals surface area (Å²) in [5.41, 5.74) is 5.67. The average Bonchev–Trinajstić information content (AvgIpc) is 2.34. The van der Waals surface area contributed by atoms with Gasteiger partial charge in [0.1, 0.15) is 6.54 Å². The number of ether oxygens (including phenoxy) is 1. The highest BCUT2D eigenvalue weighted by atomic mass is 16.5. The highest BCUT2D eigenvalue weighted by Gasteiger charge is 2.12. The minimum atomic E-state index is -0.330. The summed E-state index contributed by atoms with van der Waals surface area (Å²) in [6.45, 7) is 0.139. The number of amides is 1. The van der Waals surface area contributed by atoms with Crippen molar-refractivity contribution in [1.29, 1.82) is 0 Å². The quantitative estimate of drug-likeness (QED) is 0.585. The maximum absolute atomic E-state index is 11.8. The van der Waals surface area contributed by atoms with E-state index < -0.39 is 0 Å². The number of aliphatic hydroxyl groups excluding tert-OH is 1. The van der Waals surface area contributed by atoms with Crippen molar-refractivity contribution in [2.24, 2.45) is 0 Å². The Balaban J connectivity index is 2.63. The number of aromatic nitrogens is 1. The molecule has 0 aliphatic heterocycles. The van der Waals surface area contributed by atoms with Crippen LogP contribution in [-0.4, -0.2) is 41.9 Å². The first-order valence-corrected chi connectivity index (χ1v) is 5.92. The van der Waals surface area contributed by atoms with Crippen LogP contribution in [0, 0.1) is 0 Å². The Bertz CT molecular complexity index is 466. The van der Waals surface area contributed by atoms with Gasteiger partial charge in [0.15, 0.2) is 0 Å². The third-order valence-electron chi connectivity index (χ3n) is 2.53. The second-order valence-corrected chi connectivity index (χ2v) is 4.16. The third kappa shape index (κ3) is 5.11. The minimum Gasteiger partial charge on any atom is -0.398 e. The zero-order valence-electron chi connectivity index (χ0n) is 10.8. The summed E-state index contributed by atoms with van der Waals surface area (Å²) in [5, 5.41) is 11.6. The summed E-state index contributed by atoms with van der Waals surface area (Å²) in [6, 6.07) is 2.51. The summed E-state index contributed by atoms with van der Waals surface area (Å²) in [5.74, 6) is -0.330. The molecule has 0 saturated heterocycles. The normalized spacial score (nSPS) is 12.1. The maximum Gasteiger partial charge on any atom is 0.251 e. The van der Waals surface area contributed by atoms with Crippen molar-refractivity contribution < 1.29 is 14.6 Å². The topological polar surface area (TPSA) is 107 Å². The number of nitrogens with one attached hydrogen (secondary N) is 1. The fraction of sp³-hybridized carbons (Fsp3) is 0.500. The molecule has 0 fully saturated rings. The Morgan fingerprint density at radius 3 is 2.95 bits per heavy atom. The standard InChI is InChI=1S/C12H19N3O4/c1-19-8-10(4-5-16)14-11(17)7-15-6-9(13)2-3-12(15)18/h2-3,6,10,16H,4-5,7-8,13H2,1H3,(H,14,17). The molecule has 1 aromatic heterocycles. The van der Waals surface area contributed by atoms with Gasteiger partial charge in [-0.05, 0) is 12.5 Å². The zero-order valence-corrected chi connectivity index (χ0v) is 10.8. The van der Waals surface area contributed by atoms with Gasteiger partial charge in [-0.25, -0.2) is 0 Å². The predicted octanol–water partition coefficient (Wildman–Crippen LogP) is -1.06. The van der Waals surface area contributed by atoms with Crippen molar-refractivity contribution in [1.82, 2.24) is 9.88 Å². The number of nitrogens with zero attached hydrogens (tertiary/aromatic N) is 1. The lowest BCUT2D eigenvalue weighted by atomic mass is 10.2. The van der Waals surface area contributed by atoms with Gasteiger partial charge < -0.3 is 25.5 Å². The fourth-order valence-corrected chi connectivity index (χ4v) is 1.66. The van der Waals surface area contributed by atoms with E-state index in [2.05, 4.69) is 5.32 Å². The molecule has 1 unspecified atom stereocenters. The highest BCUT2D eigenvalue weighted by Crippen LogP contribution is 1.97. The Morgan fingerprint density at radius 1 is 1.58 bits per heavy atom. The smallest absolute Gasteiger partial charge is 0.251 e. The SMILES string of the molecule is COCC(CCO)NC(=O)Cn1cc(N)ccc1=O. The molecule has 1 amide bonds. The molecular weight excluding hydrogens is 250 g/mol. The van der Waals surface area contributed by atoms with Gasteiger partial charge in [-0.3, -0.25) is 9.59 Å². The predicted molar refractivity (Wildman–Crippen MR) is 70.6 cm³/mol. The van der Waals surface area contributed by atoms with Crippen molar-refractivity contribution in [2.45, 2.75) is 19.0 Å². The number of hydrogen-bond acceptors (Lipinski definition) is 5. The molecule has 106 valence electrons. The molecule has 0 radical (unpaired) electrons. The van der Waals surface area contributed by atoms with Gasteiger partial charge in [-0.1, -0.05) is 0 Å². The Hall–Kier alpha value is -1.86. The Kier molecular flexibility index (Phi) is 6.04. The molecule has 0 aliphatic carbocycles. The van der Waals surface area contributed by atoms with E-state index in [4.69, 9.17) is 15.6 Å². The van der Waals surface area contributed by atoms with Crippen LogP contribution in [0.25, 0.3) is 0 Å². The van der Waals surface area contributed by atoms with Crippen LogP contribution in [0.1, 0.15) is 6.42 Å². The van der Waals surface area contributed by atoms with Crippen molar-refractivity contribution in [3.63, 3.8) is 0 Å². The molecular formula is C12H19N3O4. The number of rotatable bonds is 7. The average molecular weight is 269 g/mol. The molecule has 0 saturated carbocycles. The van der Waals surface area contributed by atoms with Gasteiger partial charge in [-0.2, -0.15) is 0 Å². The summed E-state index contributed by atoms with van der Waals surface area (Å²) < 4.78 is 6.17. The molecule has 4 N–H and O–H groups in total. The highest BCUT2D eigenvalue weighted by molar-refractivity contribution is 5.76. The van der Waals surface area contributed by atoms with E-state index in [1.807, 2.05) is 0 Å². The number of nitrogens with two attached hydrogens (primary N) is 1. The number of carbonyl (C=O) groups is 1. The number of anilines is 1. The van der Waals surface area contributed by atoms with Gasteiger partial charge in [0.2, 0.25) is 5.91 Å². The molecule has 0 spiro atoms. The minimum absolute atomic E-state index is 0.0491. The zero-order chi connectivity index (χ0) is 14.3. The molecule has 7 heteroatoms. The lowest BCUT2D eigenvalue weighted by Crippen LogP contribution is -2.41. The van der Waals surface area contributed by atoms with Crippen LogP contribution in [-0.2, 0) is 16.1 Å². The van der Waals surface area contributed by atoms with Crippen LogP contribution in [0.5, 0.6) is 0 Å². The summed E-state index contributed by atoms with van der Waals surface area (Å²) >= 11 is 0. The van der Waals surface area contributed by atoms with Crippen LogP contribution >= 0.6 is 0 Å². The molecule has 0 bridgehead atoms. The number of carbonyl (C=O) groups excluding carboxylic acids is 1. The van der Waals surface area contributed by atoms with Gasteiger partial charge >= 0.3 is 0 Å². The number of methoxy groups -OCH3 is 1. The molecule has 1 heterocycles. The van der Waals surface area contributed by atoms with Gasteiger partial charge in [0.05, 0.1) is 12.6 Å². The maximum atomic E-state index is 11.8. The fourth-order valence-electron chi connectivity index (χ4n) is 1.66.